The molecule has 0 spiro atoms. The third-order valence-electron chi connectivity index (χ3n) is 4.73. The molecule has 0 aliphatic carbocycles. The highest BCUT2D eigenvalue weighted by Gasteiger charge is 2.43. The van der Waals surface area contributed by atoms with Gasteiger partial charge in [0.05, 0.1) is 11.1 Å². The Morgan fingerprint density at radius 1 is 1.12 bits per heavy atom. The Hall–Kier alpha value is -1.41. The van der Waals surface area contributed by atoms with Crippen LogP contribution < -0.4 is 5.32 Å². The molecule has 0 radical (unpaired) electrons. The van der Waals surface area contributed by atoms with Crippen LogP contribution in [-0.2, 0) is 10.0 Å². The van der Waals surface area contributed by atoms with Gasteiger partial charge in [0.15, 0.2) is 5.76 Å². The number of hydrogen-bond acceptors (Lipinski definition) is 5. The molecule has 2 unspecified atom stereocenters. The van der Waals surface area contributed by atoms with Crippen molar-refractivity contribution in [3.63, 3.8) is 0 Å². The van der Waals surface area contributed by atoms with Crippen LogP contribution in [0.3, 0.4) is 0 Å². The highest BCUT2D eigenvalue weighted by Crippen LogP contribution is 2.37. The van der Waals surface area contributed by atoms with Gasteiger partial charge in [-0.15, -0.1) is 12.4 Å². The predicted octanol–water partition coefficient (Wildman–Crippen LogP) is 2.28. The molecule has 8 heteroatoms. The first-order valence-corrected chi connectivity index (χ1v) is 9.36. The minimum absolute atomic E-state index is 0. The Labute approximate surface area is 147 Å². The van der Waals surface area contributed by atoms with Crippen LogP contribution in [0.25, 0.3) is 11.3 Å². The number of aromatic nitrogens is 1. The zero-order chi connectivity index (χ0) is 15.9. The van der Waals surface area contributed by atoms with E-state index in [-0.39, 0.29) is 24.5 Å². The van der Waals surface area contributed by atoms with Crippen molar-refractivity contribution in [3.8, 4) is 11.3 Å². The first-order valence-electron chi connectivity index (χ1n) is 7.92. The Kier molecular flexibility index (Phi) is 4.96. The van der Waals surface area contributed by atoms with E-state index in [9.17, 15) is 8.42 Å². The summed E-state index contributed by atoms with van der Waals surface area (Å²) >= 11 is 0. The molecular weight excluding hydrogens is 350 g/mol. The molecule has 0 amide bonds. The molecule has 2 saturated heterocycles. The van der Waals surface area contributed by atoms with Gasteiger partial charge < -0.3 is 9.84 Å². The van der Waals surface area contributed by atoms with E-state index in [2.05, 4.69) is 10.5 Å². The van der Waals surface area contributed by atoms with E-state index in [1.807, 2.05) is 6.07 Å². The van der Waals surface area contributed by atoms with Gasteiger partial charge in [0.25, 0.3) is 0 Å². The maximum atomic E-state index is 13.4. The van der Waals surface area contributed by atoms with Crippen molar-refractivity contribution < 1.29 is 12.9 Å². The molecule has 1 N–H and O–H groups in total. The van der Waals surface area contributed by atoms with Gasteiger partial charge in [-0.2, -0.15) is 4.31 Å². The Morgan fingerprint density at radius 3 is 2.71 bits per heavy atom. The van der Waals surface area contributed by atoms with E-state index in [0.717, 1.165) is 32.4 Å². The zero-order valence-corrected chi connectivity index (χ0v) is 14.7. The van der Waals surface area contributed by atoms with Gasteiger partial charge in [-0.1, -0.05) is 17.3 Å². The summed E-state index contributed by atoms with van der Waals surface area (Å²) in [4.78, 5) is 0.301. The van der Waals surface area contributed by atoms with Crippen LogP contribution >= 0.6 is 12.4 Å². The minimum atomic E-state index is -3.57. The third kappa shape index (κ3) is 2.86. The van der Waals surface area contributed by atoms with Crippen molar-refractivity contribution in [2.24, 2.45) is 0 Å². The second-order valence-corrected chi connectivity index (χ2v) is 7.90. The monoisotopic (exact) mass is 369 g/mol. The highest BCUT2D eigenvalue weighted by molar-refractivity contribution is 7.89. The molecule has 0 saturated carbocycles. The molecule has 2 aliphatic rings. The average Bonchev–Trinajstić information content (AvgIpc) is 3.14. The van der Waals surface area contributed by atoms with Gasteiger partial charge in [-0.25, -0.2) is 8.42 Å². The number of benzene rings is 1. The summed E-state index contributed by atoms with van der Waals surface area (Å²) in [6, 6.07) is 8.81. The van der Waals surface area contributed by atoms with Gasteiger partial charge in [-0.3, -0.25) is 0 Å². The second kappa shape index (κ2) is 6.84. The number of rotatable bonds is 3. The van der Waals surface area contributed by atoms with Crippen LogP contribution in [0, 0.1) is 0 Å². The number of hydrogen-bond donors (Lipinski definition) is 1. The molecule has 130 valence electrons. The summed E-state index contributed by atoms with van der Waals surface area (Å²) in [6.45, 7) is 1.59. The lowest BCUT2D eigenvalue weighted by atomic mass is 10.1. The normalized spacial score (nSPS) is 24.3. The molecule has 2 aromatic rings. The fourth-order valence-corrected chi connectivity index (χ4v) is 5.79. The van der Waals surface area contributed by atoms with Gasteiger partial charge in [-0.05, 0) is 37.9 Å². The van der Waals surface area contributed by atoms with Crippen molar-refractivity contribution in [3.05, 3.63) is 36.5 Å². The van der Waals surface area contributed by atoms with Crippen LogP contribution in [-0.4, -0.2) is 43.1 Å². The van der Waals surface area contributed by atoms with Crippen LogP contribution in [0.5, 0.6) is 0 Å². The fraction of sp³-hybridized carbons (Fsp3) is 0.438. The molecule has 1 aromatic carbocycles. The maximum Gasteiger partial charge on any atom is 0.244 e. The topological polar surface area (TPSA) is 75.4 Å². The summed E-state index contributed by atoms with van der Waals surface area (Å²) in [5.41, 5.74) is 0.571. The summed E-state index contributed by atoms with van der Waals surface area (Å²) in [5.74, 6) is 0.476. The van der Waals surface area contributed by atoms with E-state index < -0.39 is 10.0 Å². The molecule has 6 nitrogen and oxygen atoms in total. The van der Waals surface area contributed by atoms with Crippen molar-refractivity contribution in [2.45, 2.75) is 36.2 Å². The van der Waals surface area contributed by atoms with Crippen molar-refractivity contribution >= 4 is 22.4 Å². The number of nitrogens with zero attached hydrogens (tertiary/aromatic N) is 2. The Morgan fingerprint density at radius 2 is 1.92 bits per heavy atom. The fourth-order valence-electron chi connectivity index (χ4n) is 3.69. The van der Waals surface area contributed by atoms with E-state index in [4.69, 9.17) is 4.52 Å². The first kappa shape index (κ1) is 17.4. The standard InChI is InChI=1S/C16H19N3O3S.ClH/c20-23(21,19-12-5-6-13(19)11-17-9-7-12)16-4-2-1-3-14(16)15-8-10-18-22-15;/h1-4,8,10,12-13,17H,5-7,9,11H2;1H. The van der Waals surface area contributed by atoms with E-state index >= 15 is 0 Å². The Balaban J connectivity index is 0.00000169. The van der Waals surface area contributed by atoms with Crippen molar-refractivity contribution in [2.75, 3.05) is 13.1 Å². The number of halogens is 1. The quantitative estimate of drug-likeness (QED) is 0.898. The van der Waals surface area contributed by atoms with Crippen molar-refractivity contribution in [1.82, 2.24) is 14.8 Å². The SMILES string of the molecule is Cl.O=S(=O)(c1ccccc1-c1ccno1)N1C2CCNCC1CC2. The largest absolute Gasteiger partial charge is 0.356 e. The first-order chi connectivity index (χ1) is 11.2. The summed E-state index contributed by atoms with van der Waals surface area (Å²) < 4.78 is 33.6. The van der Waals surface area contributed by atoms with Gasteiger partial charge >= 0.3 is 0 Å². The van der Waals surface area contributed by atoms with Crippen LogP contribution in [0.4, 0.5) is 0 Å². The lowest BCUT2D eigenvalue weighted by Crippen LogP contribution is -2.42. The number of nitrogens with one attached hydrogen (secondary N) is 1. The van der Waals surface area contributed by atoms with Crippen molar-refractivity contribution in [1.29, 1.82) is 0 Å². The summed E-state index contributed by atoms with van der Waals surface area (Å²) in [6.07, 6.45) is 4.25. The highest BCUT2D eigenvalue weighted by atomic mass is 35.5. The van der Waals surface area contributed by atoms with Crippen LogP contribution in [0.1, 0.15) is 19.3 Å². The van der Waals surface area contributed by atoms with Gasteiger partial charge in [0, 0.05) is 30.3 Å². The van der Waals surface area contributed by atoms with Gasteiger partial charge in [0.2, 0.25) is 10.0 Å². The number of sulfonamides is 1. The lowest BCUT2D eigenvalue weighted by Gasteiger charge is -2.27. The summed E-state index contributed by atoms with van der Waals surface area (Å²) in [5, 5.41) is 7.04. The van der Waals surface area contributed by atoms with E-state index in [1.165, 1.54) is 6.20 Å². The predicted molar refractivity (Wildman–Crippen MR) is 92.5 cm³/mol. The van der Waals surface area contributed by atoms with Crippen LogP contribution in [0.2, 0.25) is 0 Å². The Bertz CT molecular complexity index is 781. The molecule has 1 aromatic heterocycles. The minimum Gasteiger partial charge on any atom is -0.356 e. The smallest absolute Gasteiger partial charge is 0.244 e. The molecule has 2 aliphatic heterocycles. The molecule has 2 fully saturated rings. The molecular formula is C16H20ClN3O3S. The molecule has 4 rings (SSSR count). The van der Waals surface area contributed by atoms with Crippen LogP contribution in [0.15, 0.2) is 45.9 Å². The maximum absolute atomic E-state index is 13.4. The molecule has 24 heavy (non-hydrogen) atoms. The average molecular weight is 370 g/mol. The number of fused-ring (bicyclic) bond motifs is 2. The zero-order valence-electron chi connectivity index (χ0n) is 13.1. The van der Waals surface area contributed by atoms with E-state index in [1.54, 1.807) is 28.6 Å². The van der Waals surface area contributed by atoms with Gasteiger partial charge in [0.1, 0.15) is 0 Å². The molecule has 2 bridgehead atoms. The molecule has 2 atom stereocenters. The lowest BCUT2D eigenvalue weighted by molar-refractivity contribution is 0.334. The summed E-state index contributed by atoms with van der Waals surface area (Å²) in [7, 11) is -3.57. The second-order valence-electron chi connectivity index (χ2n) is 6.09. The van der Waals surface area contributed by atoms with E-state index in [0.29, 0.717) is 16.2 Å². The molecule has 3 heterocycles. The third-order valence-corrected chi connectivity index (χ3v) is 6.80.